The molecule has 1 aliphatic carbocycles. The van der Waals surface area contributed by atoms with Crippen LogP contribution in [0, 0.1) is 5.92 Å². The van der Waals surface area contributed by atoms with Gasteiger partial charge in [0.1, 0.15) is 0 Å². The number of amides is 3. The van der Waals surface area contributed by atoms with E-state index in [0.717, 1.165) is 18.4 Å². The Labute approximate surface area is 172 Å². The highest BCUT2D eigenvalue weighted by atomic mass is 16.5. The second kappa shape index (κ2) is 8.60. The third kappa shape index (κ3) is 4.91. The Bertz CT molecular complexity index is 1060. The molecule has 0 spiro atoms. The molecule has 3 N–H and O–H groups in total. The fourth-order valence-electron chi connectivity index (χ4n) is 2.80. The minimum Gasteiger partial charge on any atom is -0.355 e. The molecule has 3 amide bonds. The van der Waals surface area contributed by atoms with Crippen LogP contribution in [-0.2, 0) is 9.59 Å². The first-order chi connectivity index (χ1) is 14.6. The second-order valence-electron chi connectivity index (χ2n) is 7.01. The van der Waals surface area contributed by atoms with Crippen LogP contribution in [0.4, 0.5) is 11.4 Å². The number of carbonyl (C=O) groups is 3. The van der Waals surface area contributed by atoms with Crippen LogP contribution in [0.2, 0.25) is 0 Å². The number of nitrogens with one attached hydrogen (secondary N) is 3. The zero-order valence-electron chi connectivity index (χ0n) is 16.1. The van der Waals surface area contributed by atoms with Gasteiger partial charge in [-0.25, -0.2) is 0 Å². The molecular formula is C22H20N4O4. The largest absolute Gasteiger partial charge is 0.355 e. The number of anilines is 2. The molecule has 4 rings (SSSR count). The van der Waals surface area contributed by atoms with Crippen LogP contribution in [-0.4, -0.2) is 29.4 Å². The van der Waals surface area contributed by atoms with Crippen molar-refractivity contribution in [2.75, 3.05) is 17.2 Å². The molecule has 3 aromatic rings. The minimum atomic E-state index is -0.505. The van der Waals surface area contributed by atoms with Gasteiger partial charge in [0.25, 0.3) is 5.91 Å². The lowest BCUT2D eigenvalue weighted by Crippen LogP contribution is -2.33. The molecule has 1 aliphatic rings. The Kier molecular flexibility index (Phi) is 5.56. The molecule has 2 aromatic carbocycles. The van der Waals surface area contributed by atoms with Crippen molar-refractivity contribution in [3.8, 4) is 11.3 Å². The molecule has 1 heterocycles. The van der Waals surface area contributed by atoms with Crippen molar-refractivity contribution in [2.45, 2.75) is 12.8 Å². The summed E-state index contributed by atoms with van der Waals surface area (Å²) in [5.41, 5.74) is 2.14. The van der Waals surface area contributed by atoms with E-state index in [-0.39, 0.29) is 30.0 Å². The minimum absolute atomic E-state index is 0.0257. The van der Waals surface area contributed by atoms with Crippen molar-refractivity contribution in [3.05, 3.63) is 66.4 Å². The standard InChI is InChI=1S/C22H20N4O4/c27-20(24-16-8-10-17(11-9-16)25-21(28)15-6-7-15)13-23-22(29)18-12-19(30-26-18)14-4-2-1-3-5-14/h1-5,8-12,15H,6-7,13H2,(H,23,29)(H,24,27)(H,25,28). The lowest BCUT2D eigenvalue weighted by Gasteiger charge is -2.08. The molecule has 1 aromatic heterocycles. The average molecular weight is 404 g/mol. The maximum absolute atomic E-state index is 12.2. The predicted octanol–water partition coefficient (Wildman–Crippen LogP) is 3.06. The summed E-state index contributed by atoms with van der Waals surface area (Å²) in [6.07, 6.45) is 1.88. The van der Waals surface area contributed by atoms with Gasteiger partial charge in [-0.1, -0.05) is 35.5 Å². The van der Waals surface area contributed by atoms with Gasteiger partial charge in [0, 0.05) is 28.9 Å². The van der Waals surface area contributed by atoms with Crippen LogP contribution < -0.4 is 16.0 Å². The molecule has 0 unspecified atom stereocenters. The highest BCUT2D eigenvalue weighted by Crippen LogP contribution is 2.30. The third-order valence-corrected chi connectivity index (χ3v) is 4.59. The topological polar surface area (TPSA) is 113 Å². The summed E-state index contributed by atoms with van der Waals surface area (Å²) in [5, 5.41) is 11.8. The van der Waals surface area contributed by atoms with Crippen molar-refractivity contribution in [2.24, 2.45) is 5.92 Å². The zero-order valence-corrected chi connectivity index (χ0v) is 16.1. The zero-order chi connectivity index (χ0) is 20.9. The van der Waals surface area contributed by atoms with Crippen molar-refractivity contribution in [1.29, 1.82) is 0 Å². The van der Waals surface area contributed by atoms with Crippen LogP contribution in [0.25, 0.3) is 11.3 Å². The fraction of sp³-hybridized carbons (Fsp3) is 0.182. The molecule has 8 heteroatoms. The molecule has 30 heavy (non-hydrogen) atoms. The first-order valence-electron chi connectivity index (χ1n) is 9.59. The monoisotopic (exact) mass is 404 g/mol. The van der Waals surface area contributed by atoms with E-state index < -0.39 is 5.91 Å². The molecule has 8 nitrogen and oxygen atoms in total. The number of benzene rings is 2. The molecule has 0 bridgehead atoms. The van der Waals surface area contributed by atoms with Crippen LogP contribution in [0.15, 0.2) is 65.2 Å². The summed E-state index contributed by atoms with van der Waals surface area (Å²) in [4.78, 5) is 36.0. The van der Waals surface area contributed by atoms with Gasteiger partial charge in [0.15, 0.2) is 11.5 Å². The van der Waals surface area contributed by atoms with Gasteiger partial charge in [-0.2, -0.15) is 0 Å². The molecule has 0 radical (unpaired) electrons. The lowest BCUT2D eigenvalue weighted by atomic mass is 10.1. The number of aromatic nitrogens is 1. The van der Waals surface area contributed by atoms with E-state index in [9.17, 15) is 14.4 Å². The SMILES string of the molecule is O=C(CNC(=O)c1cc(-c2ccccc2)on1)Nc1ccc(NC(=O)C2CC2)cc1. The maximum Gasteiger partial charge on any atom is 0.273 e. The smallest absolute Gasteiger partial charge is 0.273 e. The number of carbonyl (C=O) groups excluding carboxylic acids is 3. The van der Waals surface area contributed by atoms with Crippen LogP contribution in [0.1, 0.15) is 23.3 Å². The van der Waals surface area contributed by atoms with Crippen LogP contribution >= 0.6 is 0 Å². The summed E-state index contributed by atoms with van der Waals surface area (Å²) in [7, 11) is 0. The Balaban J connectivity index is 1.26. The summed E-state index contributed by atoms with van der Waals surface area (Å²) < 4.78 is 5.19. The predicted molar refractivity (Wildman–Crippen MR) is 111 cm³/mol. The van der Waals surface area contributed by atoms with E-state index in [4.69, 9.17) is 4.52 Å². The van der Waals surface area contributed by atoms with Crippen LogP contribution in [0.3, 0.4) is 0 Å². The van der Waals surface area contributed by atoms with Gasteiger partial charge in [0.2, 0.25) is 11.8 Å². The van der Waals surface area contributed by atoms with Crippen LogP contribution in [0.5, 0.6) is 0 Å². The third-order valence-electron chi connectivity index (χ3n) is 4.59. The molecule has 0 atom stereocenters. The molecule has 1 fully saturated rings. The van der Waals surface area contributed by atoms with E-state index in [1.807, 2.05) is 30.3 Å². The first-order valence-corrected chi connectivity index (χ1v) is 9.59. The van der Waals surface area contributed by atoms with E-state index in [2.05, 4.69) is 21.1 Å². The maximum atomic E-state index is 12.2. The fourth-order valence-corrected chi connectivity index (χ4v) is 2.80. The lowest BCUT2D eigenvalue weighted by molar-refractivity contribution is -0.117. The Morgan fingerprint density at radius 3 is 2.27 bits per heavy atom. The molecule has 152 valence electrons. The van der Waals surface area contributed by atoms with Gasteiger partial charge in [-0.3, -0.25) is 14.4 Å². The van der Waals surface area contributed by atoms with Crippen molar-refractivity contribution in [3.63, 3.8) is 0 Å². The van der Waals surface area contributed by atoms with Gasteiger partial charge in [-0.15, -0.1) is 0 Å². The number of nitrogens with zero attached hydrogens (tertiary/aromatic N) is 1. The number of hydrogen-bond donors (Lipinski definition) is 3. The quantitative estimate of drug-likeness (QED) is 0.560. The van der Waals surface area contributed by atoms with Gasteiger partial charge in [0.05, 0.1) is 6.54 Å². The highest BCUT2D eigenvalue weighted by Gasteiger charge is 2.29. The van der Waals surface area contributed by atoms with E-state index >= 15 is 0 Å². The Morgan fingerprint density at radius 2 is 1.60 bits per heavy atom. The van der Waals surface area contributed by atoms with Crippen molar-refractivity contribution < 1.29 is 18.9 Å². The van der Waals surface area contributed by atoms with E-state index in [0.29, 0.717) is 17.1 Å². The Hall–Kier alpha value is -3.94. The summed E-state index contributed by atoms with van der Waals surface area (Å²) in [6.45, 7) is -0.216. The van der Waals surface area contributed by atoms with Gasteiger partial charge < -0.3 is 20.5 Å². The molecule has 0 saturated heterocycles. The Morgan fingerprint density at radius 1 is 0.933 bits per heavy atom. The van der Waals surface area contributed by atoms with Crippen molar-refractivity contribution >= 4 is 29.1 Å². The van der Waals surface area contributed by atoms with E-state index in [1.54, 1.807) is 24.3 Å². The van der Waals surface area contributed by atoms with Crippen molar-refractivity contribution in [1.82, 2.24) is 10.5 Å². The second-order valence-corrected chi connectivity index (χ2v) is 7.01. The van der Waals surface area contributed by atoms with Gasteiger partial charge in [-0.05, 0) is 37.1 Å². The summed E-state index contributed by atoms with van der Waals surface area (Å²) in [6, 6.07) is 17.6. The summed E-state index contributed by atoms with van der Waals surface area (Å²) in [5.74, 6) is -0.266. The molecular weight excluding hydrogens is 384 g/mol. The first kappa shape index (κ1) is 19.4. The number of hydrogen-bond acceptors (Lipinski definition) is 5. The number of rotatable bonds is 7. The molecule has 1 saturated carbocycles. The molecule has 0 aliphatic heterocycles. The van der Waals surface area contributed by atoms with Gasteiger partial charge >= 0.3 is 0 Å². The summed E-state index contributed by atoms with van der Waals surface area (Å²) >= 11 is 0. The average Bonchev–Trinajstić information content (AvgIpc) is 3.51. The highest BCUT2D eigenvalue weighted by molar-refractivity contribution is 5.99. The van der Waals surface area contributed by atoms with E-state index in [1.165, 1.54) is 6.07 Å². The normalized spacial score (nSPS) is 12.8.